The molecular weight excluding hydrogens is 233 g/mol. The van der Waals surface area contributed by atoms with Gasteiger partial charge in [0.05, 0.1) is 5.69 Å². The molecule has 4 nitrogen and oxygen atoms in total. The van der Waals surface area contributed by atoms with Crippen LogP contribution in [-0.2, 0) is 11.6 Å². The summed E-state index contributed by atoms with van der Waals surface area (Å²) in [4.78, 5) is 0. The van der Waals surface area contributed by atoms with E-state index < -0.39 is 12.0 Å². The summed E-state index contributed by atoms with van der Waals surface area (Å²) < 4.78 is 38.6. The maximum absolute atomic E-state index is 12.6. The number of rotatable bonds is 0. The Morgan fingerprint density at radius 3 is 2.24 bits per heavy atom. The van der Waals surface area contributed by atoms with Gasteiger partial charge in [0.1, 0.15) is 0 Å². The second kappa shape index (κ2) is 3.41. The lowest BCUT2D eigenvalue weighted by molar-refractivity contribution is -0.146. The topological polar surface area (TPSA) is 43.1 Å². The third-order valence-corrected chi connectivity index (χ3v) is 2.28. The van der Waals surface area contributed by atoms with Crippen molar-refractivity contribution in [2.45, 2.75) is 32.4 Å². The van der Waals surface area contributed by atoms with Crippen LogP contribution >= 0.6 is 0 Å². The molecule has 0 saturated carbocycles. The van der Waals surface area contributed by atoms with Gasteiger partial charge in [0.15, 0.2) is 5.65 Å². The van der Waals surface area contributed by atoms with E-state index in [1.165, 1.54) is 6.07 Å². The molecule has 0 aliphatic carbocycles. The van der Waals surface area contributed by atoms with Crippen LogP contribution in [0.4, 0.5) is 13.2 Å². The van der Waals surface area contributed by atoms with Crippen molar-refractivity contribution in [3.05, 3.63) is 23.7 Å². The molecule has 0 N–H and O–H groups in total. The number of alkyl halides is 3. The first-order valence-electron chi connectivity index (χ1n) is 5.00. The SMILES string of the molecule is CC(C)(C)c1ccc2nnc(C(F)(F)F)n2n1. The Kier molecular flexibility index (Phi) is 2.37. The molecule has 0 fully saturated rings. The summed E-state index contributed by atoms with van der Waals surface area (Å²) in [6, 6.07) is 3.14. The zero-order valence-corrected chi connectivity index (χ0v) is 9.58. The summed E-state index contributed by atoms with van der Waals surface area (Å²) in [7, 11) is 0. The highest BCUT2D eigenvalue weighted by Gasteiger charge is 2.37. The molecule has 0 spiro atoms. The van der Waals surface area contributed by atoms with Crippen LogP contribution in [0.15, 0.2) is 12.1 Å². The van der Waals surface area contributed by atoms with Crippen molar-refractivity contribution < 1.29 is 13.2 Å². The molecule has 0 unspecified atom stereocenters. The number of hydrogen-bond acceptors (Lipinski definition) is 3. The predicted molar refractivity (Wildman–Crippen MR) is 54.5 cm³/mol. The predicted octanol–water partition coefficient (Wildman–Crippen LogP) is 2.44. The Balaban J connectivity index is 2.67. The number of aromatic nitrogens is 4. The lowest BCUT2D eigenvalue weighted by atomic mass is 9.92. The van der Waals surface area contributed by atoms with E-state index in [1.807, 2.05) is 20.8 Å². The summed E-state index contributed by atoms with van der Waals surface area (Å²) >= 11 is 0. The Labute approximate surface area is 95.5 Å². The summed E-state index contributed by atoms with van der Waals surface area (Å²) in [5.74, 6) is -1.10. The summed E-state index contributed by atoms with van der Waals surface area (Å²) in [6.45, 7) is 5.62. The standard InChI is InChI=1S/C10H11F3N4/c1-9(2,3)6-4-5-7-14-15-8(10(11,12)13)17(7)16-6/h4-5H,1-3H3. The number of nitrogens with zero attached hydrogens (tertiary/aromatic N) is 4. The molecule has 2 aromatic heterocycles. The third-order valence-electron chi connectivity index (χ3n) is 2.28. The van der Waals surface area contributed by atoms with Crippen LogP contribution in [0, 0.1) is 0 Å². The lowest BCUT2D eigenvalue weighted by Gasteiger charge is -2.17. The summed E-state index contributed by atoms with van der Waals surface area (Å²) in [6.07, 6.45) is -4.55. The average Bonchev–Trinajstić information content (AvgIpc) is 2.57. The molecule has 0 atom stereocenters. The quantitative estimate of drug-likeness (QED) is 0.714. The fraction of sp³-hybridized carbons (Fsp3) is 0.500. The molecule has 17 heavy (non-hydrogen) atoms. The van der Waals surface area contributed by atoms with Crippen LogP contribution in [-0.4, -0.2) is 19.8 Å². The highest BCUT2D eigenvalue weighted by Crippen LogP contribution is 2.28. The summed E-state index contributed by atoms with van der Waals surface area (Å²) in [5, 5.41) is 10.5. The molecule has 2 aromatic rings. The van der Waals surface area contributed by atoms with E-state index in [2.05, 4.69) is 15.3 Å². The van der Waals surface area contributed by atoms with E-state index >= 15 is 0 Å². The van der Waals surface area contributed by atoms with E-state index in [0.29, 0.717) is 5.69 Å². The fourth-order valence-corrected chi connectivity index (χ4v) is 1.37. The van der Waals surface area contributed by atoms with Crippen LogP contribution in [0.5, 0.6) is 0 Å². The molecule has 0 radical (unpaired) electrons. The second-order valence-corrected chi connectivity index (χ2v) is 4.76. The number of hydrogen-bond donors (Lipinski definition) is 0. The zero-order chi connectivity index (χ0) is 12.8. The second-order valence-electron chi connectivity index (χ2n) is 4.76. The average molecular weight is 244 g/mol. The Bertz CT molecular complexity index is 551. The van der Waals surface area contributed by atoms with Gasteiger partial charge in [0, 0.05) is 5.41 Å². The van der Waals surface area contributed by atoms with Crippen molar-refractivity contribution in [2.24, 2.45) is 0 Å². The minimum absolute atomic E-state index is 0.0883. The highest BCUT2D eigenvalue weighted by molar-refractivity contribution is 5.37. The van der Waals surface area contributed by atoms with Crippen molar-refractivity contribution in [1.82, 2.24) is 19.8 Å². The molecule has 7 heteroatoms. The van der Waals surface area contributed by atoms with E-state index in [0.717, 1.165) is 4.52 Å². The van der Waals surface area contributed by atoms with Gasteiger partial charge in [-0.1, -0.05) is 20.8 Å². The van der Waals surface area contributed by atoms with Gasteiger partial charge in [-0.05, 0) is 12.1 Å². The molecule has 0 bridgehead atoms. The van der Waals surface area contributed by atoms with E-state index in [4.69, 9.17) is 0 Å². The summed E-state index contributed by atoms with van der Waals surface area (Å²) in [5.41, 5.74) is 0.307. The van der Waals surface area contributed by atoms with Crippen molar-refractivity contribution in [1.29, 1.82) is 0 Å². The fourth-order valence-electron chi connectivity index (χ4n) is 1.37. The molecule has 2 heterocycles. The van der Waals surface area contributed by atoms with E-state index in [-0.39, 0.29) is 11.1 Å². The van der Waals surface area contributed by atoms with E-state index in [1.54, 1.807) is 6.07 Å². The molecule has 0 saturated heterocycles. The maximum atomic E-state index is 12.6. The van der Waals surface area contributed by atoms with Gasteiger partial charge < -0.3 is 0 Å². The van der Waals surface area contributed by atoms with Gasteiger partial charge in [-0.25, -0.2) is 0 Å². The van der Waals surface area contributed by atoms with Gasteiger partial charge in [0.2, 0.25) is 0 Å². The first kappa shape index (κ1) is 11.8. The highest BCUT2D eigenvalue weighted by atomic mass is 19.4. The third kappa shape index (κ3) is 2.09. The monoisotopic (exact) mass is 244 g/mol. The Morgan fingerprint density at radius 2 is 1.71 bits per heavy atom. The van der Waals surface area contributed by atoms with Gasteiger partial charge in [0.25, 0.3) is 5.82 Å². The van der Waals surface area contributed by atoms with Crippen LogP contribution in [0.2, 0.25) is 0 Å². The Hall–Kier alpha value is -1.66. The molecule has 0 amide bonds. The maximum Gasteiger partial charge on any atom is 0.453 e. The van der Waals surface area contributed by atoms with Gasteiger partial charge in [-0.3, -0.25) is 0 Å². The first-order valence-corrected chi connectivity index (χ1v) is 5.00. The molecule has 2 rings (SSSR count). The molecule has 0 aliphatic heterocycles. The zero-order valence-electron chi connectivity index (χ0n) is 9.58. The molecule has 92 valence electrons. The van der Waals surface area contributed by atoms with Crippen LogP contribution in [0.25, 0.3) is 5.65 Å². The molecule has 0 aromatic carbocycles. The van der Waals surface area contributed by atoms with Crippen molar-refractivity contribution in [2.75, 3.05) is 0 Å². The molecule has 0 aliphatic rings. The number of halogens is 3. The van der Waals surface area contributed by atoms with Gasteiger partial charge >= 0.3 is 6.18 Å². The number of fused-ring (bicyclic) bond motifs is 1. The largest absolute Gasteiger partial charge is 0.453 e. The van der Waals surface area contributed by atoms with Gasteiger partial charge in [-0.15, -0.1) is 10.2 Å². The first-order chi connectivity index (χ1) is 7.69. The minimum Gasteiger partial charge on any atom is -0.189 e. The van der Waals surface area contributed by atoms with E-state index in [9.17, 15) is 13.2 Å². The molecular formula is C10H11F3N4. The van der Waals surface area contributed by atoms with Crippen LogP contribution in [0.1, 0.15) is 32.3 Å². The minimum atomic E-state index is -4.55. The smallest absolute Gasteiger partial charge is 0.189 e. The lowest BCUT2D eigenvalue weighted by Crippen LogP contribution is -2.18. The normalized spacial score (nSPS) is 13.3. The van der Waals surface area contributed by atoms with Crippen molar-refractivity contribution in [3.63, 3.8) is 0 Å². The van der Waals surface area contributed by atoms with Crippen molar-refractivity contribution in [3.8, 4) is 0 Å². The van der Waals surface area contributed by atoms with Crippen LogP contribution < -0.4 is 0 Å². The van der Waals surface area contributed by atoms with Crippen LogP contribution in [0.3, 0.4) is 0 Å². The Morgan fingerprint density at radius 1 is 1.06 bits per heavy atom. The van der Waals surface area contributed by atoms with Crippen molar-refractivity contribution >= 4 is 5.65 Å². The van der Waals surface area contributed by atoms with Gasteiger partial charge in [-0.2, -0.15) is 22.8 Å².